The minimum Gasteiger partial charge on any atom is -0.340 e. The Balaban J connectivity index is 1.68. The summed E-state index contributed by atoms with van der Waals surface area (Å²) in [6.07, 6.45) is 5.94. The van der Waals surface area contributed by atoms with E-state index in [-0.39, 0.29) is 0 Å². The number of hydrogen-bond acceptors (Lipinski definition) is 5. The van der Waals surface area contributed by atoms with E-state index in [0.717, 1.165) is 43.0 Å². The fraction of sp³-hybridized carbons (Fsp3) is 0.615. The van der Waals surface area contributed by atoms with E-state index in [1.807, 2.05) is 18.7 Å². The van der Waals surface area contributed by atoms with Crippen LogP contribution in [0, 0.1) is 5.92 Å². The molecule has 20 heavy (non-hydrogen) atoms. The molecule has 108 valence electrons. The third-order valence-corrected chi connectivity index (χ3v) is 3.92. The molecule has 7 heteroatoms. The first-order valence-corrected chi connectivity index (χ1v) is 7.06. The quantitative estimate of drug-likeness (QED) is 0.856. The smallest absolute Gasteiger partial charge is 0.245 e. The highest BCUT2D eigenvalue weighted by Gasteiger charge is 2.21. The van der Waals surface area contributed by atoms with Crippen molar-refractivity contribution >= 4 is 5.95 Å². The Morgan fingerprint density at radius 1 is 1.40 bits per heavy atom. The van der Waals surface area contributed by atoms with E-state index in [1.54, 1.807) is 12.5 Å². The zero-order chi connectivity index (χ0) is 13.9. The molecular weight excluding hydrogens is 254 g/mol. The molecule has 2 aromatic rings. The minimum absolute atomic E-state index is 0.770. The van der Waals surface area contributed by atoms with E-state index < -0.39 is 0 Å². The number of imidazole rings is 1. The van der Waals surface area contributed by atoms with Gasteiger partial charge < -0.3 is 14.8 Å². The van der Waals surface area contributed by atoms with Crippen LogP contribution in [0.3, 0.4) is 0 Å². The van der Waals surface area contributed by atoms with Gasteiger partial charge in [-0.1, -0.05) is 0 Å². The van der Waals surface area contributed by atoms with Crippen molar-refractivity contribution in [3.63, 3.8) is 0 Å². The Hall–Kier alpha value is -1.89. The average Bonchev–Trinajstić information content (AvgIpc) is 3.08. The highest BCUT2D eigenvalue weighted by Crippen LogP contribution is 2.22. The second-order valence-corrected chi connectivity index (χ2v) is 5.36. The van der Waals surface area contributed by atoms with Gasteiger partial charge in [0, 0.05) is 20.1 Å². The summed E-state index contributed by atoms with van der Waals surface area (Å²) in [7, 11) is 3.97. The third kappa shape index (κ3) is 2.53. The van der Waals surface area contributed by atoms with Crippen molar-refractivity contribution in [2.45, 2.75) is 12.8 Å². The number of H-pyrrole nitrogens is 1. The monoisotopic (exact) mass is 275 g/mol. The Kier molecular flexibility index (Phi) is 3.68. The number of nitrogens with one attached hydrogen (secondary N) is 2. The summed E-state index contributed by atoms with van der Waals surface area (Å²) in [6, 6.07) is 0. The number of nitrogens with zero attached hydrogens (tertiary/aromatic N) is 5. The van der Waals surface area contributed by atoms with E-state index in [0.29, 0.717) is 0 Å². The van der Waals surface area contributed by atoms with Gasteiger partial charge in [0.25, 0.3) is 0 Å². The summed E-state index contributed by atoms with van der Waals surface area (Å²) in [5.41, 5.74) is 0.953. The summed E-state index contributed by atoms with van der Waals surface area (Å²) in [5.74, 6) is 2.34. The SMILES string of the molecule is CNCC1CCN(c2n[nH]c(-c3cncn3C)n2)CC1. The van der Waals surface area contributed by atoms with Crippen LogP contribution in [0.25, 0.3) is 11.5 Å². The van der Waals surface area contributed by atoms with Crippen molar-refractivity contribution in [1.82, 2.24) is 30.0 Å². The van der Waals surface area contributed by atoms with Crippen molar-refractivity contribution in [2.24, 2.45) is 13.0 Å². The molecule has 0 saturated carbocycles. The number of anilines is 1. The van der Waals surface area contributed by atoms with Crippen LogP contribution in [0.1, 0.15) is 12.8 Å². The fourth-order valence-corrected chi connectivity index (χ4v) is 2.72. The average molecular weight is 275 g/mol. The number of piperidine rings is 1. The summed E-state index contributed by atoms with van der Waals surface area (Å²) in [5, 5.41) is 10.6. The fourth-order valence-electron chi connectivity index (χ4n) is 2.72. The summed E-state index contributed by atoms with van der Waals surface area (Å²) < 4.78 is 1.93. The predicted octanol–water partition coefficient (Wildman–Crippen LogP) is 0.641. The zero-order valence-electron chi connectivity index (χ0n) is 12.0. The van der Waals surface area contributed by atoms with Gasteiger partial charge in [0.2, 0.25) is 5.95 Å². The highest BCUT2D eigenvalue weighted by atomic mass is 15.4. The van der Waals surface area contributed by atoms with Crippen LogP contribution in [0.2, 0.25) is 0 Å². The van der Waals surface area contributed by atoms with Gasteiger partial charge in [0.1, 0.15) is 5.69 Å². The first-order chi connectivity index (χ1) is 9.78. The maximum absolute atomic E-state index is 4.59. The van der Waals surface area contributed by atoms with Gasteiger partial charge in [0.05, 0.1) is 12.5 Å². The molecule has 3 heterocycles. The lowest BCUT2D eigenvalue weighted by molar-refractivity contribution is 0.391. The molecule has 1 saturated heterocycles. The molecule has 7 nitrogen and oxygen atoms in total. The molecule has 0 amide bonds. The Morgan fingerprint density at radius 3 is 2.85 bits per heavy atom. The van der Waals surface area contributed by atoms with Gasteiger partial charge in [-0.3, -0.25) is 5.10 Å². The maximum Gasteiger partial charge on any atom is 0.245 e. The number of hydrogen-bond donors (Lipinski definition) is 2. The van der Waals surface area contributed by atoms with Crippen molar-refractivity contribution in [3.05, 3.63) is 12.5 Å². The van der Waals surface area contributed by atoms with Gasteiger partial charge >= 0.3 is 0 Å². The Labute approximate surface area is 118 Å². The first-order valence-electron chi connectivity index (χ1n) is 7.06. The number of aromatic amines is 1. The van der Waals surface area contributed by atoms with Gasteiger partial charge in [-0.2, -0.15) is 4.98 Å². The van der Waals surface area contributed by atoms with Crippen molar-refractivity contribution in [3.8, 4) is 11.5 Å². The summed E-state index contributed by atoms with van der Waals surface area (Å²) in [6.45, 7) is 3.14. The van der Waals surface area contributed by atoms with Crippen molar-refractivity contribution in [2.75, 3.05) is 31.6 Å². The van der Waals surface area contributed by atoms with Crippen LogP contribution >= 0.6 is 0 Å². The van der Waals surface area contributed by atoms with Crippen molar-refractivity contribution in [1.29, 1.82) is 0 Å². The standard InChI is InChI=1S/C13H21N7/c1-14-7-10-3-5-20(6-4-10)13-16-12(17-18-13)11-8-15-9-19(11)2/h8-10,14H,3-7H2,1-2H3,(H,16,17,18). The lowest BCUT2D eigenvalue weighted by Crippen LogP contribution is -2.37. The summed E-state index contributed by atoms with van der Waals surface area (Å²) in [4.78, 5) is 10.9. The van der Waals surface area contributed by atoms with Crippen LogP contribution in [0.15, 0.2) is 12.5 Å². The first kappa shape index (κ1) is 13.1. The highest BCUT2D eigenvalue weighted by molar-refractivity contribution is 5.50. The van der Waals surface area contributed by atoms with Crippen LogP contribution < -0.4 is 10.2 Å². The zero-order valence-corrected chi connectivity index (χ0v) is 12.0. The topological polar surface area (TPSA) is 74.7 Å². The maximum atomic E-state index is 4.59. The molecule has 0 aliphatic carbocycles. The molecule has 2 N–H and O–H groups in total. The number of rotatable bonds is 4. The molecule has 1 aliphatic rings. The molecule has 2 aromatic heterocycles. The van der Waals surface area contributed by atoms with E-state index in [2.05, 4.69) is 30.4 Å². The molecule has 0 radical (unpaired) electrons. The second-order valence-electron chi connectivity index (χ2n) is 5.36. The molecule has 1 aliphatic heterocycles. The molecule has 0 bridgehead atoms. The van der Waals surface area contributed by atoms with Gasteiger partial charge in [0.15, 0.2) is 5.82 Å². The molecule has 3 rings (SSSR count). The lowest BCUT2D eigenvalue weighted by atomic mass is 9.97. The van der Waals surface area contributed by atoms with E-state index in [1.165, 1.54) is 12.8 Å². The van der Waals surface area contributed by atoms with Gasteiger partial charge in [-0.05, 0) is 32.4 Å². The second kappa shape index (κ2) is 5.62. The van der Waals surface area contributed by atoms with Crippen LogP contribution in [0.4, 0.5) is 5.95 Å². The molecule has 0 atom stereocenters. The van der Waals surface area contributed by atoms with Crippen LogP contribution in [0.5, 0.6) is 0 Å². The molecular formula is C13H21N7. The van der Waals surface area contributed by atoms with Gasteiger partial charge in [-0.25, -0.2) is 4.98 Å². The van der Waals surface area contributed by atoms with Crippen LogP contribution in [-0.4, -0.2) is 51.4 Å². The molecule has 0 aromatic carbocycles. The van der Waals surface area contributed by atoms with E-state index >= 15 is 0 Å². The molecule has 1 fully saturated rings. The Morgan fingerprint density at radius 2 is 2.20 bits per heavy atom. The Bertz CT molecular complexity index is 551. The molecule has 0 spiro atoms. The number of aryl methyl sites for hydroxylation is 1. The summed E-state index contributed by atoms with van der Waals surface area (Å²) >= 11 is 0. The van der Waals surface area contributed by atoms with Crippen LogP contribution in [-0.2, 0) is 7.05 Å². The van der Waals surface area contributed by atoms with Crippen molar-refractivity contribution < 1.29 is 0 Å². The minimum atomic E-state index is 0.770. The largest absolute Gasteiger partial charge is 0.340 e. The number of aromatic nitrogens is 5. The van der Waals surface area contributed by atoms with Gasteiger partial charge in [-0.15, -0.1) is 5.10 Å². The predicted molar refractivity (Wildman–Crippen MR) is 77.4 cm³/mol. The lowest BCUT2D eigenvalue weighted by Gasteiger charge is -2.30. The van der Waals surface area contributed by atoms with E-state index in [4.69, 9.17) is 0 Å². The normalized spacial score (nSPS) is 16.8. The third-order valence-electron chi connectivity index (χ3n) is 3.92. The van der Waals surface area contributed by atoms with E-state index in [9.17, 15) is 0 Å². The molecule has 0 unspecified atom stereocenters.